The van der Waals surface area contributed by atoms with Gasteiger partial charge in [0.2, 0.25) is 0 Å². The standard InChI is InChI=1S/C60H44/c1-59(2)53-27-9-7-20-46(53)51-35-39(29-31-55(51)59)37-15-11-17-41(33-37)43-23-13-25-49-45-19-5-6-22-48(45)57-44(24-14-26-50(57)58(43)49)42-18-12-16-38(34-42)40-30-32-56-52(36-40)47-21-8-10-28-54(47)60(56,3)4/h5-36H,1-4H3. The highest BCUT2D eigenvalue weighted by Gasteiger charge is 2.36. The minimum Gasteiger partial charge on any atom is -0.0619 e. The highest BCUT2D eigenvalue weighted by molar-refractivity contribution is 6.31. The molecule has 0 heterocycles. The first-order valence-corrected chi connectivity index (χ1v) is 21.3. The fourth-order valence-electron chi connectivity index (χ4n) is 11.1. The summed E-state index contributed by atoms with van der Waals surface area (Å²) in [7, 11) is 0. The Kier molecular flexibility index (Phi) is 7.42. The molecule has 0 heteroatoms. The van der Waals surface area contributed by atoms with E-state index in [0.717, 1.165) is 0 Å². The lowest BCUT2D eigenvalue weighted by atomic mass is 9.82. The molecule has 0 unspecified atom stereocenters. The first kappa shape index (κ1) is 35.0. The maximum atomic E-state index is 2.41. The number of benzene rings is 10. The van der Waals surface area contributed by atoms with E-state index in [2.05, 4.69) is 222 Å². The average Bonchev–Trinajstić information content (AvgIpc) is 3.67. The Labute approximate surface area is 352 Å². The molecule has 0 atom stereocenters. The van der Waals surface area contributed by atoms with Crippen molar-refractivity contribution >= 4 is 32.3 Å². The van der Waals surface area contributed by atoms with Crippen molar-refractivity contribution in [3.05, 3.63) is 216 Å². The van der Waals surface area contributed by atoms with Crippen molar-refractivity contribution in [2.75, 3.05) is 0 Å². The second-order valence-electron chi connectivity index (χ2n) is 18.0. The number of fused-ring (bicyclic) bond motifs is 12. The zero-order valence-electron chi connectivity index (χ0n) is 34.5. The molecule has 0 saturated carbocycles. The molecule has 0 aromatic heterocycles. The van der Waals surface area contributed by atoms with E-state index in [-0.39, 0.29) is 10.8 Å². The van der Waals surface area contributed by atoms with Gasteiger partial charge < -0.3 is 0 Å². The molecule has 0 N–H and O–H groups in total. The summed E-state index contributed by atoms with van der Waals surface area (Å²) in [6.07, 6.45) is 0. The van der Waals surface area contributed by atoms with E-state index in [1.54, 1.807) is 0 Å². The van der Waals surface area contributed by atoms with Crippen LogP contribution < -0.4 is 0 Å². The molecule has 284 valence electrons. The van der Waals surface area contributed by atoms with Crippen molar-refractivity contribution in [3.8, 4) is 66.8 Å². The van der Waals surface area contributed by atoms with Crippen LogP contribution in [0.4, 0.5) is 0 Å². The molecule has 0 fully saturated rings. The number of hydrogen-bond acceptors (Lipinski definition) is 0. The summed E-state index contributed by atoms with van der Waals surface area (Å²) in [6, 6.07) is 73.1. The van der Waals surface area contributed by atoms with Crippen molar-refractivity contribution < 1.29 is 0 Å². The van der Waals surface area contributed by atoms with E-state index in [4.69, 9.17) is 0 Å². The van der Waals surface area contributed by atoms with E-state index >= 15 is 0 Å². The normalized spacial score (nSPS) is 14.3. The van der Waals surface area contributed by atoms with Crippen molar-refractivity contribution in [1.82, 2.24) is 0 Å². The average molecular weight is 765 g/mol. The van der Waals surface area contributed by atoms with E-state index < -0.39 is 0 Å². The quantitative estimate of drug-likeness (QED) is 0.157. The fourth-order valence-corrected chi connectivity index (χ4v) is 11.1. The second-order valence-corrected chi connectivity index (χ2v) is 18.0. The van der Waals surface area contributed by atoms with Gasteiger partial charge in [-0.1, -0.05) is 198 Å². The predicted molar refractivity (Wildman–Crippen MR) is 256 cm³/mol. The first-order valence-electron chi connectivity index (χ1n) is 21.3. The van der Waals surface area contributed by atoms with Crippen molar-refractivity contribution in [2.24, 2.45) is 0 Å². The third-order valence-corrected chi connectivity index (χ3v) is 14.1. The lowest BCUT2D eigenvalue weighted by molar-refractivity contribution is 0.660. The Morgan fingerprint density at radius 1 is 0.233 bits per heavy atom. The van der Waals surface area contributed by atoms with Crippen LogP contribution in [0.25, 0.3) is 99.1 Å². The van der Waals surface area contributed by atoms with Crippen LogP contribution in [0.15, 0.2) is 194 Å². The van der Waals surface area contributed by atoms with Gasteiger partial charge in [-0.05, 0) is 146 Å². The minimum absolute atomic E-state index is 0.00875. The molecule has 2 aliphatic carbocycles. The van der Waals surface area contributed by atoms with E-state index in [1.807, 2.05) is 0 Å². The Morgan fingerprint density at radius 2 is 0.583 bits per heavy atom. The van der Waals surface area contributed by atoms with Gasteiger partial charge >= 0.3 is 0 Å². The Morgan fingerprint density at radius 3 is 1.10 bits per heavy atom. The third-order valence-electron chi connectivity index (χ3n) is 14.1. The van der Waals surface area contributed by atoms with Crippen LogP contribution in [0.3, 0.4) is 0 Å². The Bertz CT molecular complexity index is 3230. The van der Waals surface area contributed by atoms with Gasteiger partial charge in [-0.3, -0.25) is 0 Å². The monoisotopic (exact) mass is 764 g/mol. The van der Waals surface area contributed by atoms with Crippen LogP contribution in [0, 0.1) is 0 Å². The highest BCUT2D eigenvalue weighted by atomic mass is 14.4. The van der Waals surface area contributed by atoms with Crippen LogP contribution in [0.2, 0.25) is 0 Å². The molecule has 0 radical (unpaired) electrons. The molecule has 0 bridgehead atoms. The van der Waals surface area contributed by atoms with Gasteiger partial charge in [0.25, 0.3) is 0 Å². The molecule has 0 amide bonds. The van der Waals surface area contributed by atoms with Gasteiger partial charge in [0, 0.05) is 10.8 Å². The predicted octanol–water partition coefficient (Wildman–Crippen LogP) is 16.4. The maximum Gasteiger partial charge on any atom is 0.0158 e. The zero-order valence-corrected chi connectivity index (χ0v) is 34.5. The summed E-state index contributed by atoms with van der Waals surface area (Å²) in [6.45, 7) is 9.40. The summed E-state index contributed by atoms with van der Waals surface area (Å²) < 4.78 is 0. The van der Waals surface area contributed by atoms with Gasteiger partial charge in [-0.25, -0.2) is 0 Å². The molecule has 0 spiro atoms. The molecule has 10 aromatic carbocycles. The van der Waals surface area contributed by atoms with E-state index in [1.165, 1.54) is 121 Å². The Balaban J connectivity index is 1.02. The fraction of sp³-hybridized carbons (Fsp3) is 0.100. The summed E-state index contributed by atoms with van der Waals surface area (Å²) >= 11 is 0. The molecular weight excluding hydrogens is 721 g/mol. The van der Waals surface area contributed by atoms with Crippen LogP contribution >= 0.6 is 0 Å². The summed E-state index contributed by atoms with van der Waals surface area (Å²) in [5, 5.41) is 7.72. The van der Waals surface area contributed by atoms with Crippen LogP contribution in [-0.2, 0) is 10.8 Å². The van der Waals surface area contributed by atoms with Gasteiger partial charge in [0.1, 0.15) is 0 Å². The maximum absolute atomic E-state index is 2.41. The Hall–Kier alpha value is -7.02. The molecular formula is C60H44. The smallest absolute Gasteiger partial charge is 0.0158 e. The summed E-state index contributed by atoms with van der Waals surface area (Å²) in [5.41, 5.74) is 20.9. The molecule has 60 heavy (non-hydrogen) atoms. The van der Waals surface area contributed by atoms with Crippen molar-refractivity contribution in [2.45, 2.75) is 38.5 Å². The second kappa shape index (κ2) is 12.7. The molecule has 10 aromatic rings. The van der Waals surface area contributed by atoms with Gasteiger partial charge in [-0.2, -0.15) is 0 Å². The van der Waals surface area contributed by atoms with Crippen molar-refractivity contribution in [1.29, 1.82) is 0 Å². The van der Waals surface area contributed by atoms with Crippen LogP contribution in [0.5, 0.6) is 0 Å². The summed E-state index contributed by atoms with van der Waals surface area (Å²) in [4.78, 5) is 0. The van der Waals surface area contributed by atoms with E-state index in [0.29, 0.717) is 0 Å². The SMILES string of the molecule is CC1(C)c2ccccc2-c2cc(-c3cccc(-c4cccc5c4c4ccccc4c4cccc(-c6cccc(-c7ccc8c(c7)-c7ccccc7C8(C)C)c6)c45)c3)ccc21. The zero-order chi connectivity index (χ0) is 40.3. The van der Waals surface area contributed by atoms with Crippen LogP contribution in [0.1, 0.15) is 49.9 Å². The molecule has 0 nitrogen and oxygen atoms in total. The topological polar surface area (TPSA) is 0 Å². The molecule has 0 saturated heterocycles. The van der Waals surface area contributed by atoms with Crippen molar-refractivity contribution in [3.63, 3.8) is 0 Å². The summed E-state index contributed by atoms with van der Waals surface area (Å²) in [5.74, 6) is 0. The van der Waals surface area contributed by atoms with E-state index in [9.17, 15) is 0 Å². The van der Waals surface area contributed by atoms with Gasteiger partial charge in [-0.15, -0.1) is 0 Å². The molecule has 2 aliphatic rings. The lowest BCUT2D eigenvalue weighted by Crippen LogP contribution is -2.14. The molecule has 12 rings (SSSR count). The number of rotatable bonds is 4. The first-order chi connectivity index (χ1) is 29.3. The van der Waals surface area contributed by atoms with Gasteiger partial charge in [0.05, 0.1) is 0 Å². The molecule has 0 aliphatic heterocycles. The highest BCUT2D eigenvalue weighted by Crippen LogP contribution is 2.52. The van der Waals surface area contributed by atoms with Gasteiger partial charge in [0.15, 0.2) is 0 Å². The van der Waals surface area contributed by atoms with Crippen LogP contribution in [-0.4, -0.2) is 0 Å². The number of hydrogen-bond donors (Lipinski definition) is 0. The third kappa shape index (κ3) is 4.98. The lowest BCUT2D eigenvalue weighted by Gasteiger charge is -2.21. The largest absolute Gasteiger partial charge is 0.0619 e. The minimum atomic E-state index is -0.00875.